The highest BCUT2D eigenvalue weighted by Gasteiger charge is 2.31. The molecule has 0 spiro atoms. The van der Waals surface area contributed by atoms with E-state index < -0.39 is 12.2 Å². The summed E-state index contributed by atoms with van der Waals surface area (Å²) in [5.74, 6) is 0.422. The standard InChI is InChI=1S/C31H39FN3O3/c1-4-26(36)19-27(37)16-18-35-29(21(2)3)28(33-30(35)23-12-14-25(32)15-13-23)31(38)34-17-8-11-24(20-34)22-9-6-5-7-10-22/h5-7,9-10,12-15,21,24,26-27,36-37H,1,4,8,11,16-20H2,2-3H3. The first-order valence-electron chi connectivity index (χ1n) is 13.6. The molecule has 1 aromatic heterocycles. The molecular formula is C31H39FN3O3. The van der Waals surface area contributed by atoms with Crippen LogP contribution in [0.2, 0.25) is 0 Å². The number of imidazole rings is 1. The van der Waals surface area contributed by atoms with Gasteiger partial charge in [0.1, 0.15) is 11.6 Å². The summed E-state index contributed by atoms with van der Waals surface area (Å²) in [7, 11) is 0. The van der Waals surface area contributed by atoms with Gasteiger partial charge in [-0.3, -0.25) is 4.79 Å². The summed E-state index contributed by atoms with van der Waals surface area (Å²) in [6.45, 7) is 9.50. The Kier molecular flexibility index (Phi) is 9.34. The number of carbonyl (C=O) groups is 1. The summed E-state index contributed by atoms with van der Waals surface area (Å²) in [6.07, 6.45) is 1.53. The van der Waals surface area contributed by atoms with Crippen LogP contribution in [0.1, 0.15) is 79.5 Å². The van der Waals surface area contributed by atoms with E-state index in [0.717, 1.165) is 18.5 Å². The summed E-state index contributed by atoms with van der Waals surface area (Å²) in [6, 6.07) is 16.4. The van der Waals surface area contributed by atoms with E-state index in [4.69, 9.17) is 4.98 Å². The Morgan fingerprint density at radius 1 is 1.11 bits per heavy atom. The highest BCUT2D eigenvalue weighted by Crippen LogP contribution is 2.32. The molecule has 2 aromatic carbocycles. The van der Waals surface area contributed by atoms with Crippen LogP contribution in [0.25, 0.3) is 11.4 Å². The van der Waals surface area contributed by atoms with Crippen molar-refractivity contribution in [3.63, 3.8) is 0 Å². The number of aromatic nitrogens is 2. The van der Waals surface area contributed by atoms with E-state index in [2.05, 4.69) is 19.1 Å². The maximum Gasteiger partial charge on any atom is 0.274 e. The second-order valence-electron chi connectivity index (χ2n) is 10.6. The van der Waals surface area contributed by atoms with Crippen LogP contribution < -0.4 is 0 Å². The quantitative estimate of drug-likeness (QED) is 0.367. The number of benzene rings is 2. The molecule has 1 amide bonds. The molecule has 0 bridgehead atoms. The Bertz CT molecular complexity index is 1190. The van der Waals surface area contributed by atoms with Gasteiger partial charge in [-0.15, -0.1) is 0 Å². The Labute approximate surface area is 225 Å². The fourth-order valence-corrected chi connectivity index (χ4v) is 5.39. The number of nitrogens with zero attached hydrogens (tertiary/aromatic N) is 3. The fraction of sp³-hybridized carbons (Fsp3) is 0.452. The molecule has 1 aliphatic rings. The fourth-order valence-electron chi connectivity index (χ4n) is 5.39. The molecule has 0 saturated carbocycles. The van der Waals surface area contributed by atoms with E-state index in [1.165, 1.54) is 17.7 Å². The van der Waals surface area contributed by atoms with Gasteiger partial charge in [-0.1, -0.05) is 51.1 Å². The van der Waals surface area contributed by atoms with Gasteiger partial charge >= 0.3 is 0 Å². The van der Waals surface area contributed by atoms with Crippen LogP contribution >= 0.6 is 0 Å². The minimum absolute atomic E-state index is 0.00654. The van der Waals surface area contributed by atoms with Crippen molar-refractivity contribution < 1.29 is 19.4 Å². The summed E-state index contributed by atoms with van der Waals surface area (Å²) in [5, 5.41) is 20.5. The molecule has 6 nitrogen and oxygen atoms in total. The number of halogens is 1. The number of rotatable bonds is 10. The van der Waals surface area contributed by atoms with E-state index >= 15 is 0 Å². The zero-order valence-electron chi connectivity index (χ0n) is 22.4. The lowest BCUT2D eigenvalue weighted by molar-refractivity contribution is 0.0700. The van der Waals surface area contributed by atoms with Crippen LogP contribution in [0.3, 0.4) is 0 Å². The van der Waals surface area contributed by atoms with E-state index in [-0.39, 0.29) is 30.0 Å². The van der Waals surface area contributed by atoms with Gasteiger partial charge in [0.15, 0.2) is 5.69 Å². The zero-order chi connectivity index (χ0) is 27.2. The van der Waals surface area contributed by atoms with Gasteiger partial charge in [0.2, 0.25) is 0 Å². The first-order chi connectivity index (χ1) is 18.3. The molecule has 1 aliphatic heterocycles. The van der Waals surface area contributed by atoms with E-state index in [9.17, 15) is 19.4 Å². The lowest BCUT2D eigenvalue weighted by atomic mass is 9.90. The van der Waals surface area contributed by atoms with Crippen LogP contribution in [-0.4, -0.2) is 55.9 Å². The zero-order valence-corrected chi connectivity index (χ0v) is 22.4. The highest BCUT2D eigenvalue weighted by molar-refractivity contribution is 5.94. The van der Waals surface area contributed by atoms with Crippen molar-refractivity contribution in [3.8, 4) is 11.4 Å². The minimum atomic E-state index is -0.719. The highest BCUT2D eigenvalue weighted by atomic mass is 19.1. The number of aliphatic hydroxyl groups excluding tert-OH is 2. The smallest absolute Gasteiger partial charge is 0.274 e. The molecule has 4 rings (SSSR count). The van der Waals surface area contributed by atoms with Gasteiger partial charge in [0, 0.05) is 31.1 Å². The number of carbonyl (C=O) groups excluding carboxylic acids is 1. The van der Waals surface area contributed by atoms with Gasteiger partial charge in [-0.05, 0) is 67.9 Å². The Hall–Kier alpha value is -3.03. The van der Waals surface area contributed by atoms with Crippen molar-refractivity contribution in [2.45, 2.75) is 76.5 Å². The third-order valence-corrected chi connectivity index (χ3v) is 7.40. The van der Waals surface area contributed by atoms with Crippen LogP contribution in [0.5, 0.6) is 0 Å². The van der Waals surface area contributed by atoms with Crippen molar-refractivity contribution >= 4 is 5.91 Å². The summed E-state index contributed by atoms with van der Waals surface area (Å²) in [5.41, 5.74) is 3.17. The maximum atomic E-state index is 14.0. The number of likely N-dealkylation sites (tertiary alicyclic amines) is 1. The average molecular weight is 521 g/mol. The van der Waals surface area contributed by atoms with Gasteiger partial charge in [-0.25, -0.2) is 9.37 Å². The molecule has 2 heterocycles. The molecule has 7 heteroatoms. The molecule has 38 heavy (non-hydrogen) atoms. The number of amides is 1. The van der Waals surface area contributed by atoms with Crippen molar-refractivity contribution in [2.24, 2.45) is 0 Å². The largest absolute Gasteiger partial charge is 0.393 e. The van der Waals surface area contributed by atoms with Crippen molar-refractivity contribution in [2.75, 3.05) is 13.1 Å². The Morgan fingerprint density at radius 3 is 2.47 bits per heavy atom. The second-order valence-corrected chi connectivity index (χ2v) is 10.6. The molecule has 2 N–H and O–H groups in total. The predicted octanol–water partition coefficient (Wildman–Crippen LogP) is 5.56. The Morgan fingerprint density at radius 2 is 1.82 bits per heavy atom. The van der Waals surface area contributed by atoms with Gasteiger partial charge < -0.3 is 19.7 Å². The number of aliphatic hydroxyl groups is 2. The van der Waals surface area contributed by atoms with Crippen molar-refractivity contribution in [1.82, 2.24) is 14.5 Å². The lowest BCUT2D eigenvalue weighted by Crippen LogP contribution is -2.39. The van der Waals surface area contributed by atoms with Crippen LogP contribution in [-0.2, 0) is 6.54 Å². The van der Waals surface area contributed by atoms with Crippen LogP contribution in [0.15, 0.2) is 54.6 Å². The predicted molar refractivity (Wildman–Crippen MR) is 147 cm³/mol. The van der Waals surface area contributed by atoms with Gasteiger partial charge in [-0.2, -0.15) is 0 Å². The topological polar surface area (TPSA) is 78.6 Å². The maximum absolute atomic E-state index is 14.0. The number of hydrogen-bond donors (Lipinski definition) is 2. The third kappa shape index (κ3) is 6.51. The Balaban J connectivity index is 1.68. The molecule has 0 aliphatic carbocycles. The van der Waals surface area contributed by atoms with Crippen molar-refractivity contribution in [3.05, 3.63) is 84.3 Å². The molecule has 1 saturated heterocycles. The van der Waals surface area contributed by atoms with E-state index in [0.29, 0.717) is 49.6 Å². The number of hydrogen-bond acceptors (Lipinski definition) is 4. The monoisotopic (exact) mass is 520 g/mol. The third-order valence-electron chi connectivity index (χ3n) is 7.40. The molecular weight excluding hydrogens is 481 g/mol. The van der Waals surface area contributed by atoms with E-state index in [1.807, 2.05) is 41.5 Å². The van der Waals surface area contributed by atoms with Gasteiger partial charge in [0.05, 0.1) is 17.9 Å². The summed E-state index contributed by atoms with van der Waals surface area (Å²) >= 11 is 0. The number of piperidine rings is 1. The molecule has 3 atom stereocenters. The molecule has 1 fully saturated rings. The van der Waals surface area contributed by atoms with Crippen LogP contribution in [0.4, 0.5) is 4.39 Å². The molecule has 1 radical (unpaired) electrons. The van der Waals surface area contributed by atoms with Gasteiger partial charge in [0.25, 0.3) is 5.91 Å². The summed E-state index contributed by atoms with van der Waals surface area (Å²) in [4.78, 5) is 20.8. The molecule has 3 unspecified atom stereocenters. The second kappa shape index (κ2) is 12.7. The first-order valence-corrected chi connectivity index (χ1v) is 13.6. The van der Waals surface area contributed by atoms with E-state index in [1.54, 1.807) is 12.1 Å². The van der Waals surface area contributed by atoms with Crippen molar-refractivity contribution in [1.29, 1.82) is 0 Å². The first kappa shape index (κ1) is 28.0. The average Bonchev–Trinajstić information content (AvgIpc) is 3.32. The molecule has 3 aromatic rings. The summed E-state index contributed by atoms with van der Waals surface area (Å²) < 4.78 is 15.7. The normalized spacial score (nSPS) is 17.6. The molecule has 203 valence electrons. The van der Waals surface area contributed by atoms with Crippen LogP contribution in [0, 0.1) is 12.7 Å². The lowest BCUT2D eigenvalue weighted by Gasteiger charge is -2.33. The minimum Gasteiger partial charge on any atom is -0.393 e. The SMILES string of the molecule is [CH2]CC(O)CC(O)CCn1c(-c2ccc(F)cc2)nc(C(=O)N2CCCC(c3ccccc3)C2)c1C(C)C.